The molecule has 0 bridgehead atoms. The van der Waals surface area contributed by atoms with E-state index < -0.39 is 77.5 Å². The van der Waals surface area contributed by atoms with E-state index >= 15 is 0 Å². The molecule has 0 atom stereocenters. The molecular formula is C34H49N9O14. The topological polar surface area (TPSA) is 306 Å². The molecule has 0 fully saturated rings. The van der Waals surface area contributed by atoms with Gasteiger partial charge in [0.1, 0.15) is 19.3 Å². The van der Waals surface area contributed by atoms with E-state index in [0.29, 0.717) is 0 Å². The second-order valence-electron chi connectivity index (χ2n) is 12.2. The third kappa shape index (κ3) is 19.2. The Hall–Kier alpha value is -6.39. The predicted molar refractivity (Wildman–Crippen MR) is 194 cm³/mol. The quantitative estimate of drug-likeness (QED) is 0.0326. The minimum atomic E-state index is -0.981. The maximum Gasteiger partial charge on any atom is 0.406 e. The maximum absolute atomic E-state index is 12.9. The minimum Gasteiger partial charge on any atom is -0.447 e. The van der Waals surface area contributed by atoms with Crippen LogP contribution in [0.4, 0.5) is 9.59 Å². The SMILES string of the molecule is CNC(=O)OCC(COC(=O)NC)OCCCC(=O)NC(CC(=O)NCCNC(=O)CCN1C(=O)C=CC1=O)CC(=O)NCCNC(=O)CCN1C(=O)C=CC1=O. The van der Waals surface area contributed by atoms with Gasteiger partial charge in [0, 0.05) is 122 Å². The van der Waals surface area contributed by atoms with E-state index in [4.69, 9.17) is 14.2 Å². The fourth-order valence-electron chi connectivity index (χ4n) is 4.89. The summed E-state index contributed by atoms with van der Waals surface area (Å²) in [4.78, 5) is 134. The van der Waals surface area contributed by atoms with Gasteiger partial charge in [-0.3, -0.25) is 53.0 Å². The summed E-state index contributed by atoms with van der Waals surface area (Å²) in [5.74, 6) is -4.63. The van der Waals surface area contributed by atoms with Gasteiger partial charge in [-0.1, -0.05) is 0 Å². The van der Waals surface area contributed by atoms with E-state index in [-0.39, 0.29) is 97.6 Å². The summed E-state index contributed by atoms with van der Waals surface area (Å²) in [7, 11) is 2.72. The molecule has 0 saturated carbocycles. The molecule has 0 radical (unpaired) electrons. The van der Waals surface area contributed by atoms with Gasteiger partial charge < -0.3 is 51.4 Å². The highest BCUT2D eigenvalue weighted by Gasteiger charge is 2.25. The molecule has 0 saturated heterocycles. The number of nitrogens with one attached hydrogen (secondary N) is 7. The van der Waals surface area contributed by atoms with Crippen LogP contribution >= 0.6 is 0 Å². The second kappa shape index (κ2) is 25.6. The number of hydrogen-bond donors (Lipinski definition) is 7. The Morgan fingerprint density at radius 2 is 0.947 bits per heavy atom. The molecule has 0 unspecified atom stereocenters. The molecule has 0 aromatic carbocycles. The summed E-state index contributed by atoms with van der Waals surface area (Å²) >= 11 is 0. The number of amides is 11. The summed E-state index contributed by atoms with van der Waals surface area (Å²) in [6.07, 6.45) is 1.23. The summed E-state index contributed by atoms with van der Waals surface area (Å²) in [6, 6.07) is -0.981. The van der Waals surface area contributed by atoms with Crippen LogP contribution in [0, 0.1) is 0 Å². The molecule has 0 aliphatic carbocycles. The lowest BCUT2D eigenvalue weighted by molar-refractivity contribution is -0.139. The van der Waals surface area contributed by atoms with Crippen LogP contribution in [0.15, 0.2) is 24.3 Å². The molecule has 11 amide bonds. The Morgan fingerprint density at radius 3 is 1.33 bits per heavy atom. The number of hydrogen-bond acceptors (Lipinski definition) is 14. The van der Waals surface area contributed by atoms with Crippen molar-refractivity contribution in [3.8, 4) is 0 Å². The zero-order chi connectivity index (χ0) is 42.2. The molecule has 2 heterocycles. The summed E-state index contributed by atoms with van der Waals surface area (Å²) in [6.45, 7) is -0.727. The van der Waals surface area contributed by atoms with Gasteiger partial charge in [0.2, 0.25) is 29.5 Å². The first kappa shape index (κ1) is 46.8. The van der Waals surface area contributed by atoms with Gasteiger partial charge in [0.05, 0.1) is 0 Å². The molecule has 2 aliphatic heterocycles. The van der Waals surface area contributed by atoms with Crippen LogP contribution in [0.5, 0.6) is 0 Å². The Bertz CT molecular complexity index is 1430. The minimum absolute atomic E-state index is 0.0113. The van der Waals surface area contributed by atoms with Crippen LogP contribution < -0.4 is 37.2 Å². The molecule has 7 N–H and O–H groups in total. The molecule has 23 heteroatoms. The highest BCUT2D eigenvalue weighted by atomic mass is 16.6. The molecule has 0 aromatic rings. The lowest BCUT2D eigenvalue weighted by Gasteiger charge is -2.20. The zero-order valence-electron chi connectivity index (χ0n) is 31.7. The first-order valence-corrected chi connectivity index (χ1v) is 18.0. The van der Waals surface area contributed by atoms with Gasteiger partial charge in [0.25, 0.3) is 23.6 Å². The average Bonchev–Trinajstić information content (AvgIpc) is 3.68. The van der Waals surface area contributed by atoms with Crippen LogP contribution in [-0.2, 0) is 57.4 Å². The summed E-state index contributed by atoms with van der Waals surface area (Å²) in [5.41, 5.74) is 0. The molecule has 2 rings (SSSR count). The van der Waals surface area contributed by atoms with E-state index in [9.17, 15) is 52.7 Å². The van der Waals surface area contributed by atoms with Crippen molar-refractivity contribution in [2.45, 2.75) is 50.7 Å². The van der Waals surface area contributed by atoms with E-state index in [1.165, 1.54) is 14.1 Å². The lowest BCUT2D eigenvalue weighted by atomic mass is 10.1. The van der Waals surface area contributed by atoms with Crippen molar-refractivity contribution in [3.63, 3.8) is 0 Å². The highest BCUT2D eigenvalue weighted by molar-refractivity contribution is 6.13. The third-order valence-corrected chi connectivity index (χ3v) is 7.80. The van der Waals surface area contributed by atoms with Gasteiger partial charge in [-0.15, -0.1) is 0 Å². The molecule has 23 nitrogen and oxygen atoms in total. The van der Waals surface area contributed by atoms with Crippen LogP contribution in [0.2, 0.25) is 0 Å². The molecule has 314 valence electrons. The smallest absolute Gasteiger partial charge is 0.406 e. The van der Waals surface area contributed by atoms with Crippen molar-refractivity contribution in [2.75, 3.05) is 73.2 Å². The van der Waals surface area contributed by atoms with Crippen molar-refractivity contribution in [1.82, 2.24) is 47.0 Å². The highest BCUT2D eigenvalue weighted by Crippen LogP contribution is 2.06. The van der Waals surface area contributed by atoms with Crippen LogP contribution in [0.25, 0.3) is 0 Å². The van der Waals surface area contributed by atoms with Gasteiger partial charge in [-0.2, -0.15) is 0 Å². The van der Waals surface area contributed by atoms with E-state index in [1.807, 2.05) is 0 Å². The van der Waals surface area contributed by atoms with Crippen molar-refractivity contribution in [1.29, 1.82) is 0 Å². The predicted octanol–water partition coefficient (Wildman–Crippen LogP) is -3.78. The standard InChI is InChI=1S/C34H49N9O14/c1-35-33(53)56-20-23(21-57-34(54)36-2)55-17-3-4-26(46)41-22(18-27(47)39-13-11-37-24(44)9-15-42-29(49)5-6-30(42)50)19-28(48)40-14-12-38-25(45)10-16-43-31(51)7-8-32(43)52/h5-8,22-23H,3-4,9-21H2,1-2H3,(H,35,53)(H,36,54)(H,37,44)(H,38,45)(H,39,47)(H,40,48)(H,41,46). The first-order chi connectivity index (χ1) is 27.2. The van der Waals surface area contributed by atoms with Crippen molar-refractivity contribution < 1.29 is 67.0 Å². The van der Waals surface area contributed by atoms with Crippen LogP contribution in [0.3, 0.4) is 0 Å². The van der Waals surface area contributed by atoms with Gasteiger partial charge in [-0.05, 0) is 6.42 Å². The fourth-order valence-corrected chi connectivity index (χ4v) is 4.89. The number of imide groups is 2. The van der Waals surface area contributed by atoms with E-state index in [1.54, 1.807) is 0 Å². The largest absolute Gasteiger partial charge is 0.447 e. The molecule has 0 aromatic heterocycles. The van der Waals surface area contributed by atoms with Gasteiger partial charge >= 0.3 is 12.2 Å². The zero-order valence-corrected chi connectivity index (χ0v) is 31.7. The maximum atomic E-state index is 12.9. The number of nitrogens with zero attached hydrogens (tertiary/aromatic N) is 2. The van der Waals surface area contributed by atoms with Crippen molar-refractivity contribution >= 4 is 65.4 Å². The van der Waals surface area contributed by atoms with E-state index in [2.05, 4.69) is 37.2 Å². The third-order valence-electron chi connectivity index (χ3n) is 7.80. The monoisotopic (exact) mass is 807 g/mol. The number of carbonyl (C=O) groups excluding carboxylic acids is 11. The Morgan fingerprint density at radius 1 is 0.561 bits per heavy atom. The molecule has 57 heavy (non-hydrogen) atoms. The number of carbonyl (C=O) groups is 11. The molecule has 2 aliphatic rings. The first-order valence-electron chi connectivity index (χ1n) is 18.0. The molecular weight excluding hydrogens is 758 g/mol. The summed E-state index contributed by atoms with van der Waals surface area (Å²) in [5, 5.41) is 17.4. The van der Waals surface area contributed by atoms with Crippen LogP contribution in [0.1, 0.15) is 38.5 Å². The van der Waals surface area contributed by atoms with Gasteiger partial charge in [-0.25, -0.2) is 9.59 Å². The van der Waals surface area contributed by atoms with Crippen LogP contribution in [-0.4, -0.2) is 160 Å². The fraction of sp³-hybridized carbons (Fsp3) is 0.559. The lowest BCUT2D eigenvalue weighted by Crippen LogP contribution is -2.44. The average molecular weight is 808 g/mol. The summed E-state index contributed by atoms with van der Waals surface area (Å²) < 4.78 is 15.5. The van der Waals surface area contributed by atoms with Crippen molar-refractivity contribution in [2.24, 2.45) is 0 Å². The number of alkyl carbamates (subject to hydrolysis) is 2. The Kier molecular flexibility index (Phi) is 21.0. The second-order valence-corrected chi connectivity index (χ2v) is 12.2. The Balaban J connectivity index is 1.83. The normalized spacial score (nSPS) is 13.2. The number of ether oxygens (including phenoxy) is 3. The number of rotatable bonds is 26. The molecule has 0 spiro atoms. The van der Waals surface area contributed by atoms with Gasteiger partial charge in [0.15, 0.2) is 0 Å². The van der Waals surface area contributed by atoms with E-state index in [0.717, 1.165) is 34.1 Å². The van der Waals surface area contributed by atoms with Crippen molar-refractivity contribution in [3.05, 3.63) is 24.3 Å². The Labute approximate surface area is 327 Å².